The zero-order valence-electron chi connectivity index (χ0n) is 8.73. The first-order valence-corrected chi connectivity index (χ1v) is 6.80. The highest BCUT2D eigenvalue weighted by atomic mass is 79.9. The van der Waals surface area contributed by atoms with Crippen molar-refractivity contribution in [2.75, 3.05) is 11.9 Å². The van der Waals surface area contributed by atoms with E-state index in [2.05, 4.69) is 21.2 Å². The Labute approximate surface area is 95.0 Å². The Balaban J connectivity index is 2.20. The molecule has 3 heteroatoms. The van der Waals surface area contributed by atoms with E-state index < -0.39 is 0 Å². The second-order valence-electron chi connectivity index (χ2n) is 4.02. The number of alkyl halides is 1. The van der Waals surface area contributed by atoms with E-state index in [1.165, 1.54) is 25.7 Å². The maximum atomic E-state index is 11.7. The van der Waals surface area contributed by atoms with Crippen LogP contribution in [0.25, 0.3) is 0 Å². The average Bonchev–Trinajstić information content (AvgIpc) is 2.46. The minimum Gasteiger partial charge on any atom is -0.356 e. The maximum Gasteiger partial charge on any atom is 0.223 e. The molecular weight excluding hydrogens is 242 g/mol. The van der Waals surface area contributed by atoms with Crippen molar-refractivity contribution in [2.24, 2.45) is 5.92 Å². The molecular formula is C11H20BrNO. The summed E-state index contributed by atoms with van der Waals surface area (Å²) in [5.41, 5.74) is 0. The van der Waals surface area contributed by atoms with Crippen LogP contribution in [0.4, 0.5) is 0 Å². The lowest BCUT2D eigenvalue weighted by atomic mass is 9.99. The molecule has 0 atom stereocenters. The molecule has 1 N–H and O–H groups in total. The van der Waals surface area contributed by atoms with Gasteiger partial charge in [-0.25, -0.2) is 0 Å². The average molecular weight is 262 g/mol. The largest absolute Gasteiger partial charge is 0.356 e. The van der Waals surface area contributed by atoms with Crippen molar-refractivity contribution in [1.82, 2.24) is 5.32 Å². The molecule has 1 saturated carbocycles. The van der Waals surface area contributed by atoms with Gasteiger partial charge >= 0.3 is 0 Å². The molecule has 14 heavy (non-hydrogen) atoms. The van der Waals surface area contributed by atoms with Crippen LogP contribution >= 0.6 is 15.9 Å². The molecule has 1 amide bonds. The van der Waals surface area contributed by atoms with Gasteiger partial charge in [0.15, 0.2) is 0 Å². The lowest BCUT2D eigenvalue weighted by Gasteiger charge is -2.13. The molecule has 0 aliphatic heterocycles. The summed E-state index contributed by atoms with van der Waals surface area (Å²) < 4.78 is 0. The number of nitrogens with one attached hydrogen (secondary N) is 1. The standard InChI is InChI=1S/C11H20BrNO/c12-8-5-9-13-11(14)10-6-3-1-2-4-7-10/h10H,1-9H2,(H,13,14). The van der Waals surface area contributed by atoms with Gasteiger partial charge in [0.05, 0.1) is 0 Å². The number of hydrogen-bond acceptors (Lipinski definition) is 1. The summed E-state index contributed by atoms with van der Waals surface area (Å²) in [7, 11) is 0. The molecule has 0 heterocycles. The molecule has 1 fully saturated rings. The van der Waals surface area contributed by atoms with Crippen LogP contribution in [0.2, 0.25) is 0 Å². The van der Waals surface area contributed by atoms with Crippen LogP contribution in [-0.4, -0.2) is 17.8 Å². The van der Waals surface area contributed by atoms with Crippen LogP contribution in [0, 0.1) is 5.92 Å². The molecule has 0 bridgehead atoms. The van der Waals surface area contributed by atoms with Gasteiger partial charge in [-0.3, -0.25) is 4.79 Å². The van der Waals surface area contributed by atoms with Gasteiger partial charge in [0.1, 0.15) is 0 Å². The number of halogens is 1. The fourth-order valence-electron chi connectivity index (χ4n) is 1.96. The van der Waals surface area contributed by atoms with E-state index in [-0.39, 0.29) is 5.91 Å². The van der Waals surface area contributed by atoms with E-state index >= 15 is 0 Å². The minimum atomic E-state index is 0.285. The van der Waals surface area contributed by atoms with Crippen LogP contribution in [0.5, 0.6) is 0 Å². The van der Waals surface area contributed by atoms with E-state index in [1.807, 2.05) is 0 Å². The van der Waals surface area contributed by atoms with Crippen molar-refractivity contribution in [2.45, 2.75) is 44.9 Å². The van der Waals surface area contributed by atoms with Crippen LogP contribution in [-0.2, 0) is 4.79 Å². The SMILES string of the molecule is O=C(NCCCBr)C1CCCCCC1. The van der Waals surface area contributed by atoms with E-state index in [9.17, 15) is 4.79 Å². The highest BCUT2D eigenvalue weighted by Crippen LogP contribution is 2.22. The van der Waals surface area contributed by atoms with Crippen LogP contribution in [0.15, 0.2) is 0 Å². The molecule has 0 saturated heterocycles. The summed E-state index contributed by atoms with van der Waals surface area (Å²) in [6.45, 7) is 0.820. The monoisotopic (exact) mass is 261 g/mol. The van der Waals surface area contributed by atoms with Crippen molar-refractivity contribution < 1.29 is 4.79 Å². The number of carbonyl (C=O) groups excluding carboxylic acids is 1. The Morgan fingerprint density at radius 2 is 1.86 bits per heavy atom. The first kappa shape index (κ1) is 12.0. The molecule has 82 valence electrons. The highest BCUT2D eigenvalue weighted by molar-refractivity contribution is 9.09. The zero-order valence-corrected chi connectivity index (χ0v) is 10.3. The molecule has 0 aromatic heterocycles. The van der Waals surface area contributed by atoms with Crippen LogP contribution < -0.4 is 5.32 Å². The van der Waals surface area contributed by atoms with E-state index in [4.69, 9.17) is 0 Å². The molecule has 2 nitrogen and oxygen atoms in total. The van der Waals surface area contributed by atoms with Gasteiger partial charge in [0, 0.05) is 17.8 Å². The topological polar surface area (TPSA) is 29.1 Å². The van der Waals surface area contributed by atoms with Gasteiger partial charge in [0.25, 0.3) is 0 Å². The molecule has 1 aliphatic carbocycles. The van der Waals surface area contributed by atoms with Crippen molar-refractivity contribution in [3.63, 3.8) is 0 Å². The fourth-order valence-corrected chi connectivity index (χ4v) is 2.24. The van der Waals surface area contributed by atoms with Crippen LogP contribution in [0.1, 0.15) is 44.9 Å². The summed E-state index contributed by atoms with van der Waals surface area (Å²) in [4.78, 5) is 11.7. The van der Waals surface area contributed by atoms with Crippen molar-refractivity contribution >= 4 is 21.8 Å². The third-order valence-corrected chi connectivity index (χ3v) is 3.40. The Kier molecular flexibility index (Phi) is 6.24. The van der Waals surface area contributed by atoms with Gasteiger partial charge in [-0.15, -0.1) is 0 Å². The van der Waals surface area contributed by atoms with E-state index in [0.29, 0.717) is 5.92 Å². The third kappa shape index (κ3) is 4.45. The third-order valence-electron chi connectivity index (χ3n) is 2.84. The second kappa shape index (κ2) is 7.27. The number of rotatable bonds is 4. The predicted molar refractivity (Wildman–Crippen MR) is 62.6 cm³/mol. The van der Waals surface area contributed by atoms with E-state index in [1.54, 1.807) is 0 Å². The van der Waals surface area contributed by atoms with Crippen molar-refractivity contribution in [1.29, 1.82) is 0 Å². The first-order valence-electron chi connectivity index (χ1n) is 5.68. The number of amides is 1. The van der Waals surface area contributed by atoms with Crippen molar-refractivity contribution in [3.8, 4) is 0 Å². The summed E-state index contributed by atoms with van der Waals surface area (Å²) in [6.07, 6.45) is 8.31. The Bertz CT molecular complexity index is 165. The van der Waals surface area contributed by atoms with Gasteiger partial charge in [-0.2, -0.15) is 0 Å². The first-order chi connectivity index (χ1) is 6.84. The molecule has 0 radical (unpaired) electrons. The maximum absolute atomic E-state index is 11.7. The predicted octanol–water partition coefficient (Wildman–Crippen LogP) is 2.86. The van der Waals surface area contributed by atoms with Crippen LogP contribution in [0.3, 0.4) is 0 Å². The zero-order chi connectivity index (χ0) is 10.2. The Morgan fingerprint density at radius 3 is 2.43 bits per heavy atom. The van der Waals surface area contributed by atoms with Gasteiger partial charge < -0.3 is 5.32 Å². The molecule has 0 unspecified atom stereocenters. The lowest BCUT2D eigenvalue weighted by molar-refractivity contribution is -0.125. The quantitative estimate of drug-likeness (QED) is 0.471. The van der Waals surface area contributed by atoms with Crippen molar-refractivity contribution in [3.05, 3.63) is 0 Å². The smallest absolute Gasteiger partial charge is 0.223 e. The molecule has 1 rings (SSSR count). The molecule has 0 aromatic rings. The second-order valence-corrected chi connectivity index (χ2v) is 4.82. The normalized spacial score (nSPS) is 18.9. The molecule has 0 aromatic carbocycles. The van der Waals surface area contributed by atoms with Gasteiger partial charge in [0.2, 0.25) is 5.91 Å². The molecule has 0 spiro atoms. The number of hydrogen-bond donors (Lipinski definition) is 1. The highest BCUT2D eigenvalue weighted by Gasteiger charge is 2.18. The fraction of sp³-hybridized carbons (Fsp3) is 0.909. The number of carbonyl (C=O) groups is 1. The Morgan fingerprint density at radius 1 is 1.21 bits per heavy atom. The Hall–Kier alpha value is -0.0500. The summed E-state index contributed by atoms with van der Waals surface area (Å²) in [6, 6.07) is 0. The summed E-state index contributed by atoms with van der Waals surface area (Å²) in [5.74, 6) is 0.584. The van der Waals surface area contributed by atoms with E-state index in [0.717, 1.165) is 31.1 Å². The summed E-state index contributed by atoms with van der Waals surface area (Å²) in [5, 5.41) is 3.98. The van der Waals surface area contributed by atoms with Gasteiger partial charge in [-0.05, 0) is 19.3 Å². The van der Waals surface area contributed by atoms with Gasteiger partial charge in [-0.1, -0.05) is 41.6 Å². The minimum absolute atomic E-state index is 0.285. The summed E-state index contributed by atoms with van der Waals surface area (Å²) >= 11 is 3.36. The molecule has 1 aliphatic rings. The lowest BCUT2D eigenvalue weighted by Crippen LogP contribution is -2.31.